The van der Waals surface area contributed by atoms with Gasteiger partial charge in [0.2, 0.25) is 5.91 Å². The molecule has 9 heteroatoms. The molecule has 2 N–H and O–H groups in total. The molecule has 0 aliphatic carbocycles. The number of halogens is 2. The van der Waals surface area contributed by atoms with E-state index in [9.17, 15) is 13.2 Å². The van der Waals surface area contributed by atoms with Crippen LogP contribution in [0, 0.1) is 0 Å². The summed E-state index contributed by atoms with van der Waals surface area (Å²) in [5.41, 5.74) is 1.45. The van der Waals surface area contributed by atoms with Crippen LogP contribution in [0.5, 0.6) is 5.75 Å². The molecular weight excluding hydrogens is 459 g/mol. The van der Waals surface area contributed by atoms with Gasteiger partial charge in [-0.05, 0) is 54.6 Å². The molecule has 31 heavy (non-hydrogen) atoms. The summed E-state index contributed by atoms with van der Waals surface area (Å²) in [5.74, 6) is 0.280. The van der Waals surface area contributed by atoms with Crippen LogP contribution in [0.15, 0.2) is 77.7 Å². The number of methoxy groups -OCH3 is 1. The van der Waals surface area contributed by atoms with Crippen LogP contribution < -0.4 is 14.8 Å². The maximum Gasteiger partial charge on any atom is 0.261 e. The quantitative estimate of drug-likeness (QED) is 0.443. The lowest BCUT2D eigenvalue weighted by atomic mass is 10.2. The Balaban J connectivity index is 1.68. The molecule has 6 nitrogen and oxygen atoms in total. The summed E-state index contributed by atoms with van der Waals surface area (Å²) in [6.45, 7) is 0. The zero-order valence-corrected chi connectivity index (χ0v) is 18.6. The number of nitrogens with one attached hydrogen (secondary N) is 2. The highest BCUT2D eigenvalue weighted by atomic mass is 35.5. The van der Waals surface area contributed by atoms with E-state index in [2.05, 4.69) is 10.0 Å². The number of anilines is 2. The summed E-state index contributed by atoms with van der Waals surface area (Å²) in [7, 11) is -2.30. The molecule has 0 aromatic heterocycles. The maximum absolute atomic E-state index is 12.6. The first-order valence-corrected chi connectivity index (χ1v) is 11.2. The Morgan fingerprint density at radius 2 is 1.58 bits per heavy atom. The third-order valence-electron chi connectivity index (χ3n) is 4.10. The first-order valence-electron chi connectivity index (χ1n) is 8.98. The molecule has 3 rings (SSSR count). The number of hydrogen-bond donors (Lipinski definition) is 2. The third-order valence-corrected chi connectivity index (χ3v) is 5.93. The van der Waals surface area contributed by atoms with E-state index in [1.165, 1.54) is 48.5 Å². The van der Waals surface area contributed by atoms with Crippen molar-refractivity contribution in [1.29, 1.82) is 0 Å². The topological polar surface area (TPSA) is 84.5 Å². The summed E-state index contributed by atoms with van der Waals surface area (Å²) < 4.78 is 32.8. The second-order valence-electron chi connectivity index (χ2n) is 6.35. The monoisotopic (exact) mass is 476 g/mol. The van der Waals surface area contributed by atoms with E-state index in [0.29, 0.717) is 21.5 Å². The fraction of sp³-hybridized carbons (Fsp3) is 0.0455. The molecule has 0 fully saturated rings. The van der Waals surface area contributed by atoms with Gasteiger partial charge in [0.15, 0.2) is 0 Å². The fourth-order valence-electron chi connectivity index (χ4n) is 2.70. The van der Waals surface area contributed by atoms with E-state index in [-0.39, 0.29) is 16.5 Å². The Labute approximate surface area is 190 Å². The number of rotatable bonds is 7. The fourth-order valence-corrected chi connectivity index (χ4v) is 4.26. The minimum atomic E-state index is -3.85. The van der Waals surface area contributed by atoms with Gasteiger partial charge in [-0.15, -0.1) is 0 Å². The standard InChI is InChI=1S/C22H18Cl2N2O4S/c1-30-21-5-3-2-4-15(21)6-11-22(27)25-18-7-9-20(10-8-18)31(28,29)26-19-13-16(23)12-17(24)14-19/h2-14,26H,1H3,(H,25,27). The molecule has 160 valence electrons. The number of carbonyl (C=O) groups is 1. The smallest absolute Gasteiger partial charge is 0.261 e. The van der Waals surface area contributed by atoms with Gasteiger partial charge < -0.3 is 10.1 Å². The summed E-state index contributed by atoms with van der Waals surface area (Å²) in [4.78, 5) is 12.2. The first kappa shape index (κ1) is 22.7. The summed E-state index contributed by atoms with van der Waals surface area (Å²) >= 11 is 11.8. The highest BCUT2D eigenvalue weighted by Gasteiger charge is 2.15. The SMILES string of the molecule is COc1ccccc1C=CC(=O)Nc1ccc(S(=O)(=O)Nc2cc(Cl)cc(Cl)c2)cc1. The van der Waals surface area contributed by atoms with Crippen LogP contribution in [-0.2, 0) is 14.8 Å². The number of hydrogen-bond acceptors (Lipinski definition) is 4. The molecule has 0 spiro atoms. The van der Waals surface area contributed by atoms with Crippen molar-refractivity contribution in [2.75, 3.05) is 17.1 Å². The number of para-hydroxylation sites is 1. The molecule has 0 bridgehead atoms. The van der Waals surface area contributed by atoms with Gasteiger partial charge in [0.1, 0.15) is 5.75 Å². The van der Waals surface area contributed by atoms with Crippen LogP contribution in [0.3, 0.4) is 0 Å². The number of amides is 1. The van der Waals surface area contributed by atoms with E-state index in [0.717, 1.165) is 5.56 Å². The minimum Gasteiger partial charge on any atom is -0.496 e. The van der Waals surface area contributed by atoms with Crippen molar-refractivity contribution < 1.29 is 17.9 Å². The van der Waals surface area contributed by atoms with Gasteiger partial charge in [0, 0.05) is 27.4 Å². The average molecular weight is 477 g/mol. The van der Waals surface area contributed by atoms with Gasteiger partial charge in [-0.1, -0.05) is 41.4 Å². The summed E-state index contributed by atoms with van der Waals surface area (Å²) in [5, 5.41) is 3.30. The third kappa shape index (κ3) is 6.24. The van der Waals surface area contributed by atoms with Gasteiger partial charge in [-0.3, -0.25) is 9.52 Å². The Bertz CT molecular complexity index is 1210. The predicted octanol–water partition coefficient (Wildman–Crippen LogP) is 5.45. The van der Waals surface area contributed by atoms with Gasteiger partial charge in [0.25, 0.3) is 10.0 Å². The molecule has 3 aromatic rings. The van der Waals surface area contributed by atoms with E-state index in [1.54, 1.807) is 19.3 Å². The van der Waals surface area contributed by atoms with Crippen molar-refractivity contribution in [3.8, 4) is 5.75 Å². The Kier molecular flexibility index (Phi) is 7.22. The second kappa shape index (κ2) is 9.87. The molecule has 0 unspecified atom stereocenters. The number of carbonyl (C=O) groups excluding carboxylic acids is 1. The predicted molar refractivity (Wildman–Crippen MR) is 124 cm³/mol. The number of sulfonamides is 1. The zero-order chi connectivity index (χ0) is 22.4. The second-order valence-corrected chi connectivity index (χ2v) is 8.91. The van der Waals surface area contributed by atoms with Crippen LogP contribution in [-0.4, -0.2) is 21.4 Å². The highest BCUT2D eigenvalue weighted by Crippen LogP contribution is 2.25. The normalized spacial score (nSPS) is 11.3. The van der Waals surface area contributed by atoms with E-state index >= 15 is 0 Å². The van der Waals surface area contributed by atoms with Crippen LogP contribution in [0.2, 0.25) is 10.0 Å². The lowest BCUT2D eigenvalue weighted by Crippen LogP contribution is -2.13. The van der Waals surface area contributed by atoms with Crippen LogP contribution in [0.4, 0.5) is 11.4 Å². The molecule has 0 atom stereocenters. The molecule has 0 saturated heterocycles. The molecule has 3 aromatic carbocycles. The largest absolute Gasteiger partial charge is 0.496 e. The van der Waals surface area contributed by atoms with Crippen molar-refractivity contribution in [2.45, 2.75) is 4.90 Å². The summed E-state index contributed by atoms with van der Waals surface area (Å²) in [6, 6.07) is 17.4. The van der Waals surface area contributed by atoms with Gasteiger partial charge >= 0.3 is 0 Å². The molecule has 1 amide bonds. The lowest BCUT2D eigenvalue weighted by molar-refractivity contribution is -0.111. The van der Waals surface area contributed by atoms with E-state index < -0.39 is 10.0 Å². The molecule has 0 saturated carbocycles. The lowest BCUT2D eigenvalue weighted by Gasteiger charge is -2.10. The summed E-state index contributed by atoms with van der Waals surface area (Å²) in [6.07, 6.45) is 3.00. The highest BCUT2D eigenvalue weighted by molar-refractivity contribution is 7.92. The van der Waals surface area contributed by atoms with Crippen molar-refractivity contribution in [1.82, 2.24) is 0 Å². The number of ether oxygens (including phenoxy) is 1. The Morgan fingerprint density at radius 1 is 0.935 bits per heavy atom. The Hall–Kier alpha value is -3.00. The molecule has 0 aliphatic heterocycles. The van der Waals surface area contributed by atoms with Crippen LogP contribution in [0.1, 0.15) is 5.56 Å². The molecule has 0 heterocycles. The number of benzene rings is 3. The minimum absolute atomic E-state index is 0.0196. The molecular formula is C22H18Cl2N2O4S. The van der Waals surface area contributed by atoms with Crippen LogP contribution in [0.25, 0.3) is 6.08 Å². The molecule has 0 radical (unpaired) electrons. The van der Waals surface area contributed by atoms with E-state index in [1.807, 2.05) is 18.2 Å². The van der Waals surface area contributed by atoms with E-state index in [4.69, 9.17) is 27.9 Å². The zero-order valence-electron chi connectivity index (χ0n) is 16.3. The van der Waals surface area contributed by atoms with Crippen molar-refractivity contribution in [3.63, 3.8) is 0 Å². The van der Waals surface area contributed by atoms with Crippen LogP contribution >= 0.6 is 23.2 Å². The first-order chi connectivity index (χ1) is 14.8. The van der Waals surface area contributed by atoms with Gasteiger partial charge in [-0.25, -0.2) is 8.42 Å². The van der Waals surface area contributed by atoms with Crippen molar-refractivity contribution in [2.24, 2.45) is 0 Å². The van der Waals surface area contributed by atoms with Gasteiger partial charge in [-0.2, -0.15) is 0 Å². The Morgan fingerprint density at radius 3 is 2.23 bits per heavy atom. The maximum atomic E-state index is 12.6. The molecule has 0 aliphatic rings. The van der Waals surface area contributed by atoms with Crippen molar-refractivity contribution >= 4 is 56.6 Å². The van der Waals surface area contributed by atoms with Crippen molar-refractivity contribution in [3.05, 3.63) is 88.4 Å². The average Bonchev–Trinajstić information content (AvgIpc) is 2.71. The van der Waals surface area contributed by atoms with Gasteiger partial charge in [0.05, 0.1) is 17.7 Å².